The van der Waals surface area contributed by atoms with Crippen molar-refractivity contribution in [2.75, 3.05) is 11.9 Å². The number of anilines is 1. The van der Waals surface area contributed by atoms with Crippen LogP contribution in [0, 0.1) is 12.8 Å². The van der Waals surface area contributed by atoms with Gasteiger partial charge in [-0.05, 0) is 36.1 Å². The van der Waals surface area contributed by atoms with Gasteiger partial charge in [0.25, 0.3) is 0 Å². The Morgan fingerprint density at radius 2 is 2.08 bits per heavy atom. The predicted octanol–water partition coefficient (Wildman–Crippen LogP) is 3.50. The Bertz CT molecular complexity index is 802. The van der Waals surface area contributed by atoms with Gasteiger partial charge in [0.05, 0.1) is 18.2 Å². The highest BCUT2D eigenvalue weighted by atomic mass is 16.2. The summed E-state index contributed by atoms with van der Waals surface area (Å²) in [4.78, 5) is 31.1. The number of para-hydroxylation sites is 1. The van der Waals surface area contributed by atoms with Gasteiger partial charge < -0.3 is 10.2 Å². The Morgan fingerprint density at radius 1 is 1.27 bits per heavy atom. The molecule has 0 aliphatic carbocycles. The largest absolute Gasteiger partial charge is 0.336 e. The van der Waals surface area contributed by atoms with Gasteiger partial charge in [0.2, 0.25) is 11.8 Å². The average Bonchev–Trinajstić information content (AvgIpc) is 2.98. The third-order valence-corrected chi connectivity index (χ3v) is 4.84. The fourth-order valence-electron chi connectivity index (χ4n) is 3.36. The number of hydrogen-bond donors (Lipinski definition) is 1. The summed E-state index contributed by atoms with van der Waals surface area (Å²) in [7, 11) is 0. The van der Waals surface area contributed by atoms with Crippen molar-refractivity contribution in [2.45, 2.75) is 39.7 Å². The van der Waals surface area contributed by atoms with Crippen LogP contribution in [0.3, 0.4) is 0 Å². The molecule has 2 amide bonds. The van der Waals surface area contributed by atoms with E-state index in [2.05, 4.69) is 24.1 Å². The molecule has 1 aliphatic heterocycles. The molecule has 0 unspecified atom stereocenters. The van der Waals surface area contributed by atoms with Crippen LogP contribution in [-0.4, -0.2) is 28.2 Å². The SMILES string of the molecule is Cc1cccc(C(C)C)c1NC(=O)[C@H]1CC(=O)N(Cc2ccccn2)C1. The van der Waals surface area contributed by atoms with E-state index < -0.39 is 0 Å². The lowest BCUT2D eigenvalue weighted by Gasteiger charge is -2.19. The van der Waals surface area contributed by atoms with Gasteiger partial charge in [-0.1, -0.05) is 38.1 Å². The summed E-state index contributed by atoms with van der Waals surface area (Å²) in [5, 5.41) is 3.07. The lowest BCUT2D eigenvalue weighted by atomic mass is 9.97. The maximum Gasteiger partial charge on any atom is 0.229 e. The summed E-state index contributed by atoms with van der Waals surface area (Å²) >= 11 is 0. The fraction of sp³-hybridized carbons (Fsp3) is 0.381. The quantitative estimate of drug-likeness (QED) is 0.897. The third-order valence-electron chi connectivity index (χ3n) is 4.84. The lowest BCUT2D eigenvalue weighted by Crippen LogP contribution is -2.28. The number of carbonyl (C=O) groups excluding carboxylic acids is 2. The Morgan fingerprint density at radius 3 is 2.77 bits per heavy atom. The van der Waals surface area contributed by atoms with E-state index in [0.717, 1.165) is 22.5 Å². The van der Waals surface area contributed by atoms with Gasteiger partial charge >= 0.3 is 0 Å². The summed E-state index contributed by atoms with van der Waals surface area (Å²) in [5.74, 6) is -0.0929. The molecule has 1 aromatic heterocycles. The molecular formula is C21H25N3O2. The van der Waals surface area contributed by atoms with Crippen molar-refractivity contribution in [3.05, 3.63) is 59.4 Å². The number of benzene rings is 1. The Hall–Kier alpha value is -2.69. The first-order valence-corrected chi connectivity index (χ1v) is 9.03. The molecule has 26 heavy (non-hydrogen) atoms. The van der Waals surface area contributed by atoms with Gasteiger partial charge in [-0.3, -0.25) is 14.6 Å². The Balaban J connectivity index is 1.69. The number of aryl methyl sites for hydroxylation is 1. The zero-order chi connectivity index (χ0) is 18.7. The van der Waals surface area contributed by atoms with Gasteiger partial charge in [0, 0.05) is 24.8 Å². The molecule has 0 spiro atoms. The molecule has 1 aliphatic rings. The third kappa shape index (κ3) is 3.93. The summed E-state index contributed by atoms with van der Waals surface area (Å²) in [6.45, 7) is 7.10. The first kappa shape index (κ1) is 18.1. The minimum absolute atomic E-state index is 0.00432. The number of amides is 2. The maximum atomic E-state index is 12.8. The van der Waals surface area contributed by atoms with Gasteiger partial charge in [-0.15, -0.1) is 0 Å². The first-order valence-electron chi connectivity index (χ1n) is 9.03. The van der Waals surface area contributed by atoms with Crippen LogP contribution in [-0.2, 0) is 16.1 Å². The zero-order valence-electron chi connectivity index (χ0n) is 15.5. The van der Waals surface area contributed by atoms with Crippen molar-refractivity contribution in [3.8, 4) is 0 Å². The van der Waals surface area contributed by atoms with Crippen LogP contribution in [0.1, 0.15) is 43.0 Å². The summed E-state index contributed by atoms with van der Waals surface area (Å²) in [6, 6.07) is 11.7. The molecule has 5 nitrogen and oxygen atoms in total. The second kappa shape index (κ2) is 7.68. The van der Waals surface area contributed by atoms with E-state index in [1.165, 1.54) is 0 Å². The van der Waals surface area contributed by atoms with Crippen LogP contribution < -0.4 is 5.32 Å². The van der Waals surface area contributed by atoms with Crippen LogP contribution in [0.25, 0.3) is 0 Å². The number of carbonyl (C=O) groups is 2. The average molecular weight is 351 g/mol. The standard InChI is InChI=1S/C21H25N3O2/c1-14(2)18-9-6-7-15(3)20(18)23-21(26)16-11-19(25)24(12-16)13-17-8-4-5-10-22-17/h4-10,14,16H,11-13H2,1-3H3,(H,23,26)/t16-/m0/s1. The number of pyridine rings is 1. The topological polar surface area (TPSA) is 62.3 Å². The van der Waals surface area contributed by atoms with Crippen molar-refractivity contribution >= 4 is 17.5 Å². The monoisotopic (exact) mass is 351 g/mol. The van der Waals surface area contributed by atoms with Crippen LogP contribution >= 0.6 is 0 Å². The van der Waals surface area contributed by atoms with Gasteiger partial charge in [-0.25, -0.2) is 0 Å². The Kier molecular flexibility index (Phi) is 5.35. The molecule has 136 valence electrons. The molecule has 5 heteroatoms. The van der Waals surface area contributed by atoms with Crippen molar-refractivity contribution in [2.24, 2.45) is 5.92 Å². The summed E-state index contributed by atoms with van der Waals surface area (Å²) in [5.41, 5.74) is 3.87. The molecule has 0 bridgehead atoms. The summed E-state index contributed by atoms with van der Waals surface area (Å²) in [6.07, 6.45) is 1.97. The molecule has 2 heterocycles. The van der Waals surface area contributed by atoms with Gasteiger partial charge in [0.15, 0.2) is 0 Å². The van der Waals surface area contributed by atoms with Crippen molar-refractivity contribution < 1.29 is 9.59 Å². The van der Waals surface area contributed by atoms with E-state index in [1.807, 2.05) is 43.3 Å². The van der Waals surface area contributed by atoms with E-state index in [-0.39, 0.29) is 24.2 Å². The number of nitrogens with one attached hydrogen (secondary N) is 1. The normalized spacial score (nSPS) is 17.0. The number of aromatic nitrogens is 1. The molecule has 2 aromatic rings. The summed E-state index contributed by atoms with van der Waals surface area (Å²) < 4.78 is 0. The molecule has 1 aromatic carbocycles. The van der Waals surface area contributed by atoms with E-state index in [1.54, 1.807) is 11.1 Å². The van der Waals surface area contributed by atoms with Gasteiger partial charge in [-0.2, -0.15) is 0 Å². The minimum Gasteiger partial charge on any atom is -0.336 e. The van der Waals surface area contributed by atoms with Crippen molar-refractivity contribution in [1.82, 2.24) is 9.88 Å². The molecule has 0 saturated carbocycles. The van der Waals surface area contributed by atoms with E-state index in [9.17, 15) is 9.59 Å². The number of likely N-dealkylation sites (tertiary alicyclic amines) is 1. The zero-order valence-corrected chi connectivity index (χ0v) is 15.5. The predicted molar refractivity (Wildman–Crippen MR) is 102 cm³/mol. The van der Waals surface area contributed by atoms with E-state index in [0.29, 0.717) is 19.0 Å². The molecule has 3 rings (SSSR count). The van der Waals surface area contributed by atoms with Gasteiger partial charge in [0.1, 0.15) is 0 Å². The second-order valence-electron chi connectivity index (χ2n) is 7.18. The molecule has 1 saturated heterocycles. The van der Waals surface area contributed by atoms with Crippen LogP contribution in [0.15, 0.2) is 42.6 Å². The molecule has 1 atom stereocenters. The highest BCUT2D eigenvalue weighted by Gasteiger charge is 2.34. The van der Waals surface area contributed by atoms with Crippen LogP contribution in [0.5, 0.6) is 0 Å². The minimum atomic E-state index is -0.328. The van der Waals surface area contributed by atoms with E-state index in [4.69, 9.17) is 0 Å². The van der Waals surface area contributed by atoms with Crippen LogP contribution in [0.2, 0.25) is 0 Å². The number of hydrogen-bond acceptors (Lipinski definition) is 3. The van der Waals surface area contributed by atoms with Crippen molar-refractivity contribution in [1.29, 1.82) is 0 Å². The Labute approximate surface area is 154 Å². The number of rotatable bonds is 5. The molecular weight excluding hydrogens is 326 g/mol. The highest BCUT2D eigenvalue weighted by Crippen LogP contribution is 2.29. The second-order valence-corrected chi connectivity index (χ2v) is 7.18. The van der Waals surface area contributed by atoms with Crippen molar-refractivity contribution in [3.63, 3.8) is 0 Å². The first-order chi connectivity index (χ1) is 12.5. The molecule has 0 radical (unpaired) electrons. The van der Waals surface area contributed by atoms with Crippen LogP contribution in [0.4, 0.5) is 5.69 Å². The maximum absolute atomic E-state index is 12.8. The smallest absolute Gasteiger partial charge is 0.229 e. The lowest BCUT2D eigenvalue weighted by molar-refractivity contribution is -0.128. The van der Waals surface area contributed by atoms with E-state index >= 15 is 0 Å². The highest BCUT2D eigenvalue weighted by molar-refractivity contribution is 5.98. The molecule has 1 fully saturated rings. The molecule has 1 N–H and O–H groups in total. The number of nitrogens with zero attached hydrogens (tertiary/aromatic N) is 2. The fourth-order valence-corrected chi connectivity index (χ4v) is 3.36.